The highest BCUT2D eigenvalue weighted by molar-refractivity contribution is 7.99. The van der Waals surface area contributed by atoms with Crippen LogP contribution in [0.5, 0.6) is 0 Å². The molecule has 14 nitrogen and oxygen atoms in total. The van der Waals surface area contributed by atoms with Crippen LogP contribution in [0.3, 0.4) is 0 Å². The topological polar surface area (TPSA) is 185 Å². The van der Waals surface area contributed by atoms with Crippen molar-refractivity contribution in [3.8, 4) is 11.3 Å². The fourth-order valence-corrected chi connectivity index (χ4v) is 9.13. The Morgan fingerprint density at radius 2 is 1.70 bits per heavy atom. The summed E-state index contributed by atoms with van der Waals surface area (Å²) in [5.74, 6) is 0.438. The number of aromatic nitrogens is 4. The van der Waals surface area contributed by atoms with E-state index in [0.29, 0.717) is 28.3 Å². The molecule has 0 bridgehead atoms. The Labute approximate surface area is 333 Å². The number of benzene rings is 2. The third kappa shape index (κ3) is 7.76. The van der Waals surface area contributed by atoms with Gasteiger partial charge in [0.05, 0.1) is 17.2 Å². The summed E-state index contributed by atoms with van der Waals surface area (Å²) in [4.78, 5) is 81.5. The van der Waals surface area contributed by atoms with Crippen molar-refractivity contribution in [2.75, 3.05) is 29.9 Å². The van der Waals surface area contributed by atoms with E-state index >= 15 is 0 Å². The zero-order chi connectivity index (χ0) is 39.5. The highest BCUT2D eigenvalue weighted by Gasteiger charge is 2.45. The number of nitrogen functional groups attached to an aromatic ring is 1. The van der Waals surface area contributed by atoms with Crippen LogP contribution >= 0.6 is 11.8 Å². The van der Waals surface area contributed by atoms with Crippen LogP contribution in [0, 0.1) is 0 Å². The molecule has 4 N–H and O–H groups in total. The molecule has 0 spiro atoms. The summed E-state index contributed by atoms with van der Waals surface area (Å²) in [7, 11) is 0. The number of anilines is 2. The van der Waals surface area contributed by atoms with Gasteiger partial charge in [-0.1, -0.05) is 43.5 Å². The van der Waals surface area contributed by atoms with Gasteiger partial charge < -0.3 is 11.1 Å². The van der Waals surface area contributed by atoms with Crippen molar-refractivity contribution < 1.29 is 24.0 Å². The van der Waals surface area contributed by atoms with Crippen molar-refractivity contribution in [1.29, 1.82) is 0 Å². The van der Waals surface area contributed by atoms with E-state index in [1.165, 1.54) is 0 Å². The molecule has 292 valence electrons. The number of unbranched alkanes of at least 4 members (excludes halogenated alkanes) is 4. The molecule has 2 saturated heterocycles. The molecule has 5 amide bonds. The number of imide groups is 2. The van der Waals surface area contributed by atoms with E-state index in [2.05, 4.69) is 29.9 Å². The summed E-state index contributed by atoms with van der Waals surface area (Å²) in [6.07, 6.45) is 12.8. The van der Waals surface area contributed by atoms with E-state index in [1.54, 1.807) is 60.6 Å². The number of fused-ring (bicyclic) bond motifs is 2. The fourth-order valence-electron chi connectivity index (χ4n) is 8.05. The molecule has 0 saturated carbocycles. The van der Waals surface area contributed by atoms with E-state index in [0.717, 1.165) is 96.2 Å². The van der Waals surface area contributed by atoms with Gasteiger partial charge in [0, 0.05) is 41.0 Å². The molecule has 57 heavy (non-hydrogen) atoms. The Hall–Kier alpha value is -5.93. The Balaban J connectivity index is 0.837. The molecule has 15 heteroatoms. The number of carbonyl (C=O) groups excluding carboxylic acids is 5. The van der Waals surface area contributed by atoms with E-state index < -0.39 is 29.7 Å². The predicted octanol–water partition coefficient (Wildman–Crippen LogP) is 5.91. The lowest BCUT2D eigenvalue weighted by atomic mass is 10.0. The maximum atomic E-state index is 13.4. The van der Waals surface area contributed by atoms with Gasteiger partial charge >= 0.3 is 0 Å². The van der Waals surface area contributed by atoms with E-state index in [4.69, 9.17) is 10.7 Å². The van der Waals surface area contributed by atoms with Crippen LogP contribution in [0.1, 0.15) is 101 Å². The molecule has 3 aliphatic heterocycles. The van der Waals surface area contributed by atoms with Crippen LogP contribution in [-0.2, 0) is 9.59 Å². The van der Waals surface area contributed by atoms with Crippen LogP contribution in [0.2, 0.25) is 0 Å². The number of rotatable bonds is 14. The molecule has 5 aromatic rings. The summed E-state index contributed by atoms with van der Waals surface area (Å²) >= 11 is 1.56. The molecule has 6 heterocycles. The fraction of sp³-hybridized carbons (Fsp3) is 0.333. The number of carbonyl (C=O) groups is 5. The molecule has 0 radical (unpaired) electrons. The second-order valence-electron chi connectivity index (χ2n) is 14.5. The average Bonchev–Trinajstić information content (AvgIpc) is 3.91. The van der Waals surface area contributed by atoms with Crippen LogP contribution < -0.4 is 16.4 Å². The van der Waals surface area contributed by atoms with E-state index in [1.807, 2.05) is 30.5 Å². The van der Waals surface area contributed by atoms with Crippen molar-refractivity contribution in [2.24, 2.45) is 0 Å². The summed E-state index contributed by atoms with van der Waals surface area (Å²) in [6.45, 7) is 1.95. The first-order chi connectivity index (χ1) is 27.8. The lowest BCUT2D eigenvalue weighted by Crippen LogP contribution is -2.54. The first kappa shape index (κ1) is 38.0. The maximum Gasteiger partial charge on any atom is 0.263 e. The zero-order valence-corrected chi connectivity index (χ0v) is 32.2. The van der Waals surface area contributed by atoms with Crippen molar-refractivity contribution in [2.45, 2.75) is 74.8 Å². The minimum absolute atomic E-state index is 0.0921. The van der Waals surface area contributed by atoms with Gasteiger partial charge in [0.25, 0.3) is 17.7 Å². The monoisotopic (exact) mass is 785 g/mol. The Bertz CT molecular complexity index is 2350. The number of thioether (sulfide) groups is 1. The van der Waals surface area contributed by atoms with Gasteiger partial charge in [-0.25, -0.2) is 15.0 Å². The molecule has 2 aromatic carbocycles. The minimum Gasteiger partial charge on any atom is -0.382 e. The Morgan fingerprint density at radius 3 is 2.51 bits per heavy atom. The quantitative estimate of drug-likeness (QED) is 0.0691. The highest BCUT2D eigenvalue weighted by Crippen LogP contribution is 2.37. The SMILES string of the molecule is Nc1nccn2c([C@@H]3CCCN3CCCCCCCSc3cccc4c3C(=O)N(C3CCC(=O)NC3=O)C4=O)nc(-c3ccc(C(=O)Nc4ccccn4)cc3)c12. The maximum absolute atomic E-state index is 13.4. The summed E-state index contributed by atoms with van der Waals surface area (Å²) in [6, 6.07) is 17.1. The number of piperidine rings is 1. The first-order valence-corrected chi connectivity index (χ1v) is 20.4. The number of likely N-dealkylation sites (tertiary alicyclic amines) is 1. The third-order valence-electron chi connectivity index (χ3n) is 10.9. The molecule has 1 unspecified atom stereocenters. The number of hydrogen-bond acceptors (Lipinski definition) is 11. The Kier molecular flexibility index (Phi) is 11.1. The van der Waals surface area contributed by atoms with Gasteiger partial charge in [-0.05, 0) is 87.3 Å². The summed E-state index contributed by atoms with van der Waals surface area (Å²) < 4.78 is 2.07. The molecular weight excluding hydrogens is 743 g/mol. The molecule has 2 fully saturated rings. The summed E-state index contributed by atoms with van der Waals surface area (Å²) in [5, 5.41) is 5.07. The molecule has 3 aliphatic rings. The van der Waals surface area contributed by atoms with Gasteiger partial charge in [-0.3, -0.25) is 43.5 Å². The zero-order valence-electron chi connectivity index (χ0n) is 31.4. The molecule has 0 aliphatic carbocycles. The largest absolute Gasteiger partial charge is 0.382 e. The number of pyridine rings is 1. The minimum atomic E-state index is -0.972. The van der Waals surface area contributed by atoms with Crippen molar-refractivity contribution in [3.63, 3.8) is 0 Å². The van der Waals surface area contributed by atoms with Gasteiger partial charge in [0.1, 0.15) is 34.7 Å². The average molecular weight is 786 g/mol. The van der Waals surface area contributed by atoms with E-state index in [9.17, 15) is 24.0 Å². The number of nitrogens with one attached hydrogen (secondary N) is 2. The van der Waals surface area contributed by atoms with E-state index in [-0.39, 0.29) is 24.8 Å². The molecule has 8 rings (SSSR count). The molecule has 2 atom stereocenters. The number of hydrogen-bond donors (Lipinski definition) is 3. The van der Waals surface area contributed by atoms with Gasteiger partial charge in [0.2, 0.25) is 11.8 Å². The number of nitrogens with two attached hydrogens (primary N) is 1. The third-order valence-corrected chi connectivity index (χ3v) is 12.0. The highest BCUT2D eigenvalue weighted by atomic mass is 32.2. The second kappa shape index (κ2) is 16.7. The number of imidazole rings is 1. The standard InChI is InChI=1S/C42H43N9O5S/c43-37-36-35(26-14-16-27(17-15-26)39(53)46-32-13-4-5-20-44-32)48-38(50(36)24-21-45-37)29-11-9-23-49(29)22-6-2-1-3-7-25-57-31-12-8-10-28-34(31)42(56)51(41(28)55)30-18-19-33(52)47-40(30)54/h4-5,8,10,12-17,20-21,24,29-30H,1-3,6-7,9,11,18-19,22-23,25H2,(H2,43,45)(H,44,46,53)(H,47,52,54)/t29-,30?/m0/s1. The number of nitrogens with zero attached hydrogens (tertiary/aromatic N) is 6. The predicted molar refractivity (Wildman–Crippen MR) is 215 cm³/mol. The van der Waals surface area contributed by atoms with Crippen molar-refractivity contribution in [3.05, 3.63) is 102 Å². The van der Waals surface area contributed by atoms with Crippen molar-refractivity contribution in [1.82, 2.24) is 34.5 Å². The van der Waals surface area contributed by atoms with Crippen LogP contribution in [0.25, 0.3) is 16.8 Å². The normalized spacial score (nSPS) is 18.4. The smallest absolute Gasteiger partial charge is 0.263 e. The summed E-state index contributed by atoms with van der Waals surface area (Å²) in [5.41, 5.74) is 9.97. The van der Waals surface area contributed by atoms with Crippen LogP contribution in [0.4, 0.5) is 11.6 Å². The Morgan fingerprint density at radius 1 is 0.877 bits per heavy atom. The lowest BCUT2D eigenvalue weighted by molar-refractivity contribution is -0.136. The number of amides is 5. The van der Waals surface area contributed by atoms with Gasteiger partial charge in [-0.15, -0.1) is 11.8 Å². The second-order valence-corrected chi connectivity index (χ2v) is 15.7. The van der Waals surface area contributed by atoms with Crippen LogP contribution in [-0.4, -0.2) is 83.6 Å². The molecular formula is C42H43N9O5S. The lowest BCUT2D eigenvalue weighted by Gasteiger charge is -2.27. The first-order valence-electron chi connectivity index (χ1n) is 19.4. The van der Waals surface area contributed by atoms with Crippen LogP contribution in [0.15, 0.2) is 84.1 Å². The van der Waals surface area contributed by atoms with Gasteiger partial charge in [0.15, 0.2) is 0 Å². The molecule has 3 aromatic heterocycles. The van der Waals surface area contributed by atoms with Gasteiger partial charge in [-0.2, -0.15) is 0 Å². The van der Waals surface area contributed by atoms with Crippen molar-refractivity contribution >= 4 is 58.5 Å².